The number of carbonyl (C=O) groups is 1. The quantitative estimate of drug-likeness (QED) is 0.497. The summed E-state index contributed by atoms with van der Waals surface area (Å²) in [5, 5.41) is 21.5. The average Bonchev–Trinajstić information content (AvgIpc) is 3.42. The molecular weight excluding hydrogens is 472 g/mol. The molecule has 1 saturated heterocycles. The SMILES string of the molecule is Cc1c(C#N)c(NC(=O)CSc2nnc(C3CCS(=O)(=O)C3)n2C)n(Cc2ccccc2)c1C. The van der Waals surface area contributed by atoms with E-state index in [1.54, 1.807) is 11.6 Å². The second kappa shape index (κ2) is 9.64. The first-order valence-corrected chi connectivity index (χ1v) is 13.7. The van der Waals surface area contributed by atoms with Crippen molar-refractivity contribution < 1.29 is 13.2 Å². The first-order valence-electron chi connectivity index (χ1n) is 10.9. The van der Waals surface area contributed by atoms with Crippen LogP contribution in [-0.2, 0) is 28.2 Å². The molecule has 0 spiro atoms. The first kappa shape index (κ1) is 24.0. The highest BCUT2D eigenvalue weighted by Crippen LogP contribution is 2.30. The van der Waals surface area contributed by atoms with Gasteiger partial charge in [0.2, 0.25) is 5.91 Å². The lowest BCUT2D eigenvalue weighted by Gasteiger charge is -2.13. The molecule has 1 aromatic carbocycles. The molecule has 11 heteroatoms. The van der Waals surface area contributed by atoms with Crippen molar-refractivity contribution in [2.45, 2.75) is 37.9 Å². The number of aromatic nitrogens is 4. The Hall–Kier alpha value is -3.10. The van der Waals surface area contributed by atoms with Gasteiger partial charge in [-0.3, -0.25) is 4.79 Å². The molecule has 2 aromatic heterocycles. The molecule has 0 bridgehead atoms. The third-order valence-electron chi connectivity index (χ3n) is 6.18. The van der Waals surface area contributed by atoms with Gasteiger partial charge in [-0.15, -0.1) is 10.2 Å². The third-order valence-corrected chi connectivity index (χ3v) is 8.97. The molecule has 9 nitrogen and oxygen atoms in total. The van der Waals surface area contributed by atoms with Gasteiger partial charge in [0.15, 0.2) is 15.0 Å². The number of nitriles is 1. The van der Waals surface area contributed by atoms with Gasteiger partial charge in [-0.2, -0.15) is 5.26 Å². The van der Waals surface area contributed by atoms with Crippen LogP contribution in [0.25, 0.3) is 0 Å². The van der Waals surface area contributed by atoms with Crippen molar-refractivity contribution in [1.29, 1.82) is 5.26 Å². The van der Waals surface area contributed by atoms with Crippen molar-refractivity contribution in [2.75, 3.05) is 22.6 Å². The molecule has 4 rings (SSSR count). The molecule has 0 aliphatic carbocycles. The van der Waals surface area contributed by atoms with Gasteiger partial charge < -0.3 is 14.5 Å². The van der Waals surface area contributed by atoms with Crippen molar-refractivity contribution in [2.24, 2.45) is 7.05 Å². The number of thioether (sulfide) groups is 1. The molecule has 0 saturated carbocycles. The number of benzene rings is 1. The third kappa shape index (κ3) is 4.88. The largest absolute Gasteiger partial charge is 0.326 e. The van der Waals surface area contributed by atoms with Crippen LogP contribution < -0.4 is 5.32 Å². The lowest BCUT2D eigenvalue weighted by atomic mass is 10.1. The van der Waals surface area contributed by atoms with Crippen molar-refractivity contribution >= 4 is 33.3 Å². The minimum absolute atomic E-state index is 0.0778. The van der Waals surface area contributed by atoms with E-state index in [1.165, 1.54) is 11.8 Å². The Morgan fingerprint density at radius 3 is 2.65 bits per heavy atom. The van der Waals surface area contributed by atoms with E-state index in [2.05, 4.69) is 21.6 Å². The molecule has 3 heterocycles. The maximum Gasteiger partial charge on any atom is 0.235 e. The van der Waals surface area contributed by atoms with E-state index < -0.39 is 9.84 Å². The summed E-state index contributed by atoms with van der Waals surface area (Å²) in [5.74, 6) is 1.00. The van der Waals surface area contributed by atoms with E-state index in [4.69, 9.17) is 0 Å². The fourth-order valence-electron chi connectivity index (χ4n) is 4.20. The zero-order chi connectivity index (χ0) is 24.5. The van der Waals surface area contributed by atoms with Crippen LogP contribution in [0.3, 0.4) is 0 Å². The molecule has 34 heavy (non-hydrogen) atoms. The van der Waals surface area contributed by atoms with E-state index in [-0.39, 0.29) is 29.1 Å². The van der Waals surface area contributed by atoms with Crippen molar-refractivity contribution in [3.05, 3.63) is 58.5 Å². The summed E-state index contributed by atoms with van der Waals surface area (Å²) < 4.78 is 27.3. The summed E-state index contributed by atoms with van der Waals surface area (Å²) >= 11 is 1.22. The zero-order valence-electron chi connectivity index (χ0n) is 19.3. The summed E-state index contributed by atoms with van der Waals surface area (Å²) in [5.41, 5.74) is 3.28. The summed E-state index contributed by atoms with van der Waals surface area (Å²) in [6.07, 6.45) is 0.535. The number of nitrogens with zero attached hydrogens (tertiary/aromatic N) is 5. The lowest BCUT2D eigenvalue weighted by molar-refractivity contribution is -0.113. The highest BCUT2D eigenvalue weighted by molar-refractivity contribution is 7.99. The number of hydrogen-bond acceptors (Lipinski definition) is 7. The molecule has 1 atom stereocenters. The molecule has 1 fully saturated rings. The van der Waals surface area contributed by atoms with Gasteiger partial charge >= 0.3 is 0 Å². The van der Waals surface area contributed by atoms with Gasteiger partial charge in [-0.1, -0.05) is 42.1 Å². The molecule has 1 N–H and O–H groups in total. The van der Waals surface area contributed by atoms with Gasteiger partial charge in [0.25, 0.3) is 0 Å². The number of carbonyl (C=O) groups excluding carboxylic acids is 1. The Labute approximate surface area is 203 Å². The standard InChI is InChI=1S/C23H26N6O3S2/c1-15-16(2)29(12-17-7-5-4-6-8-17)22(19(15)11-24)25-20(30)13-33-23-27-26-21(28(23)3)18-9-10-34(31,32)14-18/h4-8,18H,9-10,12-14H2,1-3H3,(H,25,30). The predicted octanol–water partition coefficient (Wildman–Crippen LogP) is 2.79. The summed E-state index contributed by atoms with van der Waals surface area (Å²) in [7, 11) is -1.24. The van der Waals surface area contributed by atoms with E-state index in [9.17, 15) is 18.5 Å². The van der Waals surface area contributed by atoms with Gasteiger partial charge in [-0.25, -0.2) is 8.42 Å². The highest BCUT2D eigenvalue weighted by Gasteiger charge is 2.32. The lowest BCUT2D eigenvalue weighted by Crippen LogP contribution is -2.19. The topological polar surface area (TPSA) is 123 Å². The van der Waals surface area contributed by atoms with Crippen LogP contribution in [-0.4, -0.2) is 50.9 Å². The fourth-order valence-corrected chi connectivity index (χ4v) is 6.66. The van der Waals surface area contributed by atoms with Crippen LogP contribution in [0.4, 0.5) is 5.82 Å². The highest BCUT2D eigenvalue weighted by atomic mass is 32.2. The Bertz CT molecular complexity index is 1370. The zero-order valence-corrected chi connectivity index (χ0v) is 20.9. The minimum Gasteiger partial charge on any atom is -0.326 e. The summed E-state index contributed by atoms with van der Waals surface area (Å²) in [6.45, 7) is 4.35. The van der Waals surface area contributed by atoms with Crippen LogP contribution in [0.5, 0.6) is 0 Å². The molecule has 1 unspecified atom stereocenters. The molecule has 0 radical (unpaired) electrons. The molecule has 178 valence electrons. The van der Waals surface area contributed by atoms with Crippen molar-refractivity contribution in [1.82, 2.24) is 19.3 Å². The van der Waals surface area contributed by atoms with Crippen LogP contribution in [0.15, 0.2) is 35.5 Å². The summed E-state index contributed by atoms with van der Waals surface area (Å²) in [6, 6.07) is 12.1. The maximum absolute atomic E-state index is 12.8. The Balaban J connectivity index is 1.48. The normalized spacial score (nSPS) is 16.9. The molecule has 3 aromatic rings. The number of rotatable bonds is 7. The number of hydrogen-bond donors (Lipinski definition) is 1. The Morgan fingerprint density at radius 1 is 1.26 bits per heavy atom. The minimum atomic E-state index is -3.03. The van der Waals surface area contributed by atoms with Crippen molar-refractivity contribution in [3.8, 4) is 6.07 Å². The second-order valence-corrected chi connectivity index (χ2v) is 11.6. The van der Waals surface area contributed by atoms with Crippen molar-refractivity contribution in [3.63, 3.8) is 0 Å². The monoisotopic (exact) mass is 498 g/mol. The predicted molar refractivity (Wildman–Crippen MR) is 131 cm³/mol. The van der Waals surface area contributed by atoms with Gasteiger partial charge in [0.1, 0.15) is 17.7 Å². The average molecular weight is 499 g/mol. The first-order chi connectivity index (χ1) is 16.2. The molecule has 1 amide bonds. The second-order valence-electron chi connectivity index (χ2n) is 8.45. The summed E-state index contributed by atoms with van der Waals surface area (Å²) in [4.78, 5) is 12.8. The van der Waals surface area contributed by atoms with E-state index in [0.29, 0.717) is 35.3 Å². The van der Waals surface area contributed by atoms with E-state index >= 15 is 0 Å². The molecule has 1 aliphatic rings. The number of nitrogens with one attached hydrogen (secondary N) is 1. The fraction of sp³-hybridized carbons (Fsp3) is 0.391. The smallest absolute Gasteiger partial charge is 0.235 e. The number of sulfone groups is 1. The van der Waals surface area contributed by atoms with E-state index in [0.717, 1.165) is 16.8 Å². The van der Waals surface area contributed by atoms with Crippen LogP contribution in [0.1, 0.15) is 40.5 Å². The Kier molecular flexibility index (Phi) is 6.81. The number of anilines is 1. The molecule has 1 aliphatic heterocycles. The van der Waals surface area contributed by atoms with Crippen LogP contribution in [0, 0.1) is 25.2 Å². The van der Waals surface area contributed by atoms with Gasteiger partial charge in [-0.05, 0) is 31.4 Å². The Morgan fingerprint density at radius 2 is 2.00 bits per heavy atom. The number of amides is 1. The van der Waals surface area contributed by atoms with Crippen LogP contribution in [0.2, 0.25) is 0 Å². The van der Waals surface area contributed by atoms with Crippen LogP contribution >= 0.6 is 11.8 Å². The van der Waals surface area contributed by atoms with E-state index in [1.807, 2.05) is 48.7 Å². The van der Waals surface area contributed by atoms with Gasteiger partial charge in [0, 0.05) is 25.2 Å². The maximum atomic E-state index is 12.8. The van der Waals surface area contributed by atoms with Gasteiger partial charge in [0.05, 0.1) is 22.8 Å². The molecular formula is C23H26N6O3S2.